The van der Waals surface area contributed by atoms with Crippen LogP contribution >= 0.6 is 0 Å². The third kappa shape index (κ3) is 3.43. The van der Waals surface area contributed by atoms with Crippen molar-refractivity contribution in [3.05, 3.63) is 35.4 Å². The molecule has 4 saturated carbocycles. The third-order valence-corrected chi connectivity index (χ3v) is 8.88. The van der Waals surface area contributed by atoms with Gasteiger partial charge in [-0.3, -0.25) is 4.79 Å². The molecule has 5 aliphatic rings. The van der Waals surface area contributed by atoms with Gasteiger partial charge in [0.05, 0.1) is 5.52 Å². The topological polar surface area (TPSA) is 36.4 Å². The quantitative estimate of drug-likeness (QED) is 0.697. The Morgan fingerprint density at radius 3 is 2.26 bits per heavy atom. The van der Waals surface area contributed by atoms with Crippen LogP contribution in [0.5, 0.6) is 0 Å². The van der Waals surface area contributed by atoms with Gasteiger partial charge in [-0.1, -0.05) is 18.2 Å². The van der Waals surface area contributed by atoms with Gasteiger partial charge in [-0.2, -0.15) is 0 Å². The third-order valence-electron chi connectivity index (χ3n) is 8.88. The maximum Gasteiger partial charge on any atom is 0.223 e. The lowest BCUT2D eigenvalue weighted by molar-refractivity contribution is -0.139. The summed E-state index contributed by atoms with van der Waals surface area (Å²) < 4.78 is 0. The molecule has 4 bridgehead atoms. The zero-order chi connectivity index (χ0) is 21.2. The first kappa shape index (κ1) is 19.6. The molecule has 164 valence electrons. The molecule has 2 heterocycles. The Balaban J connectivity index is 1.13. The van der Waals surface area contributed by atoms with Crippen molar-refractivity contribution in [2.24, 2.45) is 23.2 Å². The average Bonchev–Trinajstić information content (AvgIpc) is 2.73. The second kappa shape index (κ2) is 7.21. The van der Waals surface area contributed by atoms with Crippen molar-refractivity contribution in [1.82, 2.24) is 9.88 Å². The first-order valence-corrected chi connectivity index (χ1v) is 12.4. The number of rotatable bonds is 3. The van der Waals surface area contributed by atoms with Crippen molar-refractivity contribution in [1.29, 1.82) is 0 Å². The van der Waals surface area contributed by atoms with Crippen LogP contribution in [0.4, 0.5) is 5.82 Å². The van der Waals surface area contributed by atoms with Gasteiger partial charge in [0.15, 0.2) is 0 Å². The molecule has 0 spiro atoms. The number of benzene rings is 1. The molecule has 5 fully saturated rings. The highest BCUT2D eigenvalue weighted by Crippen LogP contribution is 2.61. The molecule has 4 nitrogen and oxygen atoms in total. The standard InChI is InChI=1S/C27H35N3O/c1-18-4-3-5-23-19(2)10-24(28-26(18)23)29-6-8-30(9-7-29)25(31)17-27-14-20-11-21(15-27)13-22(12-20)16-27/h3-5,10,20-22H,6-9,11-17H2,1-2H3. The van der Waals surface area contributed by atoms with E-state index < -0.39 is 0 Å². The number of nitrogens with zero attached hydrogens (tertiary/aromatic N) is 3. The molecule has 1 saturated heterocycles. The summed E-state index contributed by atoms with van der Waals surface area (Å²) in [6, 6.07) is 8.63. The number of pyridine rings is 1. The Morgan fingerprint density at radius 2 is 1.61 bits per heavy atom. The molecular weight excluding hydrogens is 382 g/mol. The van der Waals surface area contributed by atoms with E-state index in [1.165, 1.54) is 55.0 Å². The lowest BCUT2D eigenvalue weighted by atomic mass is 9.49. The summed E-state index contributed by atoms with van der Waals surface area (Å²) in [5.74, 6) is 4.23. The molecular formula is C27H35N3O. The monoisotopic (exact) mass is 417 g/mol. The summed E-state index contributed by atoms with van der Waals surface area (Å²) in [7, 11) is 0. The van der Waals surface area contributed by atoms with Gasteiger partial charge in [0.1, 0.15) is 5.82 Å². The van der Waals surface area contributed by atoms with Crippen LogP contribution < -0.4 is 4.90 Å². The van der Waals surface area contributed by atoms with E-state index >= 15 is 0 Å². The number of hydrogen-bond acceptors (Lipinski definition) is 3. The summed E-state index contributed by atoms with van der Waals surface area (Å²) in [5.41, 5.74) is 3.96. The maximum atomic E-state index is 13.3. The number of piperazine rings is 1. The Hall–Kier alpha value is -2.10. The number of carbonyl (C=O) groups excluding carboxylic acids is 1. The van der Waals surface area contributed by atoms with Crippen LogP contribution in [0.15, 0.2) is 24.3 Å². The van der Waals surface area contributed by atoms with Crippen LogP contribution in [0.1, 0.15) is 56.1 Å². The van der Waals surface area contributed by atoms with Crippen molar-refractivity contribution in [2.75, 3.05) is 31.1 Å². The Labute approximate surface area is 186 Å². The molecule has 0 unspecified atom stereocenters. The van der Waals surface area contributed by atoms with Gasteiger partial charge in [0.25, 0.3) is 0 Å². The highest BCUT2D eigenvalue weighted by Gasteiger charge is 2.51. The first-order chi connectivity index (χ1) is 15.0. The van der Waals surface area contributed by atoms with E-state index in [0.29, 0.717) is 11.3 Å². The normalized spacial score (nSPS) is 32.1. The van der Waals surface area contributed by atoms with Gasteiger partial charge < -0.3 is 9.80 Å². The van der Waals surface area contributed by atoms with Gasteiger partial charge in [-0.25, -0.2) is 4.98 Å². The molecule has 1 amide bonds. The number of fused-ring (bicyclic) bond motifs is 1. The fourth-order valence-electron chi connectivity index (χ4n) is 7.83. The second-order valence-corrected chi connectivity index (χ2v) is 11.2. The predicted molar refractivity (Wildman–Crippen MR) is 125 cm³/mol. The van der Waals surface area contributed by atoms with Gasteiger partial charge in [0.2, 0.25) is 5.91 Å². The smallest absolute Gasteiger partial charge is 0.223 e. The number of anilines is 1. The zero-order valence-corrected chi connectivity index (χ0v) is 19.1. The van der Waals surface area contributed by atoms with Crippen LogP contribution in [-0.2, 0) is 4.79 Å². The summed E-state index contributed by atoms with van der Waals surface area (Å²) in [6.07, 6.45) is 9.12. The fourth-order valence-corrected chi connectivity index (χ4v) is 7.83. The van der Waals surface area contributed by atoms with E-state index in [1.54, 1.807) is 0 Å². The van der Waals surface area contributed by atoms with E-state index in [0.717, 1.165) is 61.7 Å². The summed E-state index contributed by atoms with van der Waals surface area (Å²) >= 11 is 0. The average molecular weight is 418 g/mol. The van der Waals surface area contributed by atoms with E-state index in [1.807, 2.05) is 0 Å². The molecule has 1 aliphatic heterocycles. The summed E-state index contributed by atoms with van der Waals surface area (Å²) in [5, 5.41) is 1.24. The molecule has 4 aliphatic carbocycles. The highest BCUT2D eigenvalue weighted by molar-refractivity contribution is 5.86. The molecule has 7 rings (SSSR count). The minimum absolute atomic E-state index is 0.345. The van der Waals surface area contributed by atoms with Gasteiger partial charge in [-0.15, -0.1) is 0 Å². The lowest BCUT2D eigenvalue weighted by Gasteiger charge is -2.57. The zero-order valence-electron chi connectivity index (χ0n) is 19.1. The van der Waals surface area contributed by atoms with Crippen LogP contribution in [0, 0.1) is 37.0 Å². The lowest BCUT2D eigenvalue weighted by Crippen LogP contribution is -2.52. The maximum absolute atomic E-state index is 13.3. The second-order valence-electron chi connectivity index (χ2n) is 11.2. The number of amides is 1. The highest BCUT2D eigenvalue weighted by atomic mass is 16.2. The number of para-hydroxylation sites is 1. The molecule has 2 aromatic rings. The van der Waals surface area contributed by atoms with E-state index in [9.17, 15) is 4.79 Å². The molecule has 0 atom stereocenters. The number of hydrogen-bond donors (Lipinski definition) is 0. The molecule has 1 aromatic carbocycles. The SMILES string of the molecule is Cc1cc(N2CCN(C(=O)CC34CC5CC(CC(C5)C3)C4)CC2)nc2c(C)cccc12. The fraction of sp³-hybridized carbons (Fsp3) is 0.630. The predicted octanol–water partition coefficient (Wildman–Crippen LogP) is 5.11. The minimum atomic E-state index is 0.345. The molecule has 0 radical (unpaired) electrons. The largest absolute Gasteiger partial charge is 0.353 e. The Bertz CT molecular complexity index is 985. The van der Waals surface area contributed by atoms with Crippen LogP contribution in [0.25, 0.3) is 10.9 Å². The van der Waals surface area contributed by atoms with Crippen molar-refractivity contribution in [3.8, 4) is 0 Å². The molecule has 1 aromatic heterocycles. The van der Waals surface area contributed by atoms with Crippen molar-refractivity contribution in [2.45, 2.75) is 58.8 Å². The van der Waals surface area contributed by atoms with Crippen molar-refractivity contribution in [3.63, 3.8) is 0 Å². The Kier molecular flexibility index (Phi) is 4.56. The van der Waals surface area contributed by atoms with Gasteiger partial charge in [-0.05, 0) is 92.7 Å². The number of aromatic nitrogens is 1. The van der Waals surface area contributed by atoms with Crippen molar-refractivity contribution >= 4 is 22.6 Å². The van der Waals surface area contributed by atoms with E-state index in [2.05, 4.69) is 47.9 Å². The van der Waals surface area contributed by atoms with Gasteiger partial charge >= 0.3 is 0 Å². The van der Waals surface area contributed by atoms with E-state index in [4.69, 9.17) is 4.98 Å². The molecule has 4 heteroatoms. The van der Waals surface area contributed by atoms with Crippen LogP contribution in [-0.4, -0.2) is 42.0 Å². The van der Waals surface area contributed by atoms with Crippen molar-refractivity contribution < 1.29 is 4.79 Å². The minimum Gasteiger partial charge on any atom is -0.353 e. The molecule has 31 heavy (non-hydrogen) atoms. The van der Waals surface area contributed by atoms with Crippen LogP contribution in [0.3, 0.4) is 0 Å². The van der Waals surface area contributed by atoms with Crippen LogP contribution in [0.2, 0.25) is 0 Å². The van der Waals surface area contributed by atoms with E-state index in [-0.39, 0.29) is 0 Å². The summed E-state index contributed by atoms with van der Waals surface area (Å²) in [4.78, 5) is 22.8. The first-order valence-electron chi connectivity index (χ1n) is 12.4. The number of aryl methyl sites for hydroxylation is 2. The van der Waals surface area contributed by atoms with Gasteiger partial charge in [0, 0.05) is 38.0 Å². The number of carbonyl (C=O) groups is 1. The molecule has 0 N–H and O–H groups in total. The summed E-state index contributed by atoms with van der Waals surface area (Å²) in [6.45, 7) is 7.75. The Morgan fingerprint density at radius 1 is 0.968 bits per heavy atom.